The Morgan fingerprint density at radius 2 is 2.12 bits per heavy atom. The van der Waals surface area contributed by atoms with Gasteiger partial charge in [0, 0.05) is 18.5 Å². The highest BCUT2D eigenvalue weighted by atomic mass is 16.1. The summed E-state index contributed by atoms with van der Waals surface area (Å²) in [6.07, 6.45) is 0.513. The van der Waals surface area contributed by atoms with Gasteiger partial charge in [-0.2, -0.15) is 5.26 Å². The van der Waals surface area contributed by atoms with Crippen LogP contribution in [-0.2, 0) is 4.79 Å². The number of nitriles is 1. The van der Waals surface area contributed by atoms with Crippen molar-refractivity contribution in [3.8, 4) is 6.07 Å². The van der Waals surface area contributed by atoms with Crippen molar-refractivity contribution in [2.45, 2.75) is 32.6 Å². The molecule has 16 heavy (non-hydrogen) atoms. The average Bonchev–Trinajstić information content (AvgIpc) is 2.27. The lowest BCUT2D eigenvalue weighted by molar-refractivity contribution is -0.116. The fourth-order valence-corrected chi connectivity index (χ4v) is 1.50. The van der Waals surface area contributed by atoms with Crippen molar-refractivity contribution in [3.05, 3.63) is 29.8 Å². The normalized spacial score (nSPS) is 9.88. The summed E-state index contributed by atoms with van der Waals surface area (Å²) in [6, 6.07) is 9.71. The highest BCUT2D eigenvalue weighted by Crippen LogP contribution is 2.23. The van der Waals surface area contributed by atoms with Crippen LogP contribution in [0.25, 0.3) is 0 Å². The van der Waals surface area contributed by atoms with Gasteiger partial charge < -0.3 is 5.32 Å². The molecule has 0 saturated heterocycles. The predicted molar refractivity (Wildman–Crippen MR) is 64.0 cm³/mol. The third kappa shape index (κ3) is 3.39. The zero-order chi connectivity index (χ0) is 12.0. The fraction of sp³-hybridized carbons (Fsp3) is 0.385. The molecule has 3 heteroatoms. The van der Waals surface area contributed by atoms with E-state index in [0.29, 0.717) is 5.92 Å². The van der Waals surface area contributed by atoms with E-state index in [1.165, 1.54) is 0 Å². The number of nitrogens with one attached hydrogen (secondary N) is 1. The van der Waals surface area contributed by atoms with E-state index in [0.717, 1.165) is 11.3 Å². The molecule has 0 radical (unpaired) electrons. The third-order valence-corrected chi connectivity index (χ3v) is 2.32. The molecule has 0 aliphatic rings. The number of carbonyl (C=O) groups is 1. The van der Waals surface area contributed by atoms with Crippen LogP contribution in [0.4, 0.5) is 5.69 Å². The number of nitrogens with zero attached hydrogens (tertiary/aromatic N) is 1. The first-order chi connectivity index (χ1) is 7.65. The van der Waals surface area contributed by atoms with Gasteiger partial charge in [0.1, 0.15) is 0 Å². The minimum atomic E-state index is -0.102. The zero-order valence-electron chi connectivity index (χ0n) is 9.66. The molecule has 1 aromatic rings. The molecule has 0 aliphatic heterocycles. The van der Waals surface area contributed by atoms with Crippen LogP contribution in [0.2, 0.25) is 0 Å². The topological polar surface area (TPSA) is 52.9 Å². The summed E-state index contributed by atoms with van der Waals surface area (Å²) in [5.41, 5.74) is 1.97. The Balaban J connectivity index is 2.73. The summed E-state index contributed by atoms with van der Waals surface area (Å²) >= 11 is 0. The third-order valence-electron chi connectivity index (χ3n) is 2.32. The van der Waals surface area contributed by atoms with Crippen molar-refractivity contribution in [3.63, 3.8) is 0 Å². The lowest BCUT2D eigenvalue weighted by Gasteiger charge is -2.13. The molecule has 0 saturated carbocycles. The maximum absolute atomic E-state index is 11.5. The van der Waals surface area contributed by atoms with Crippen LogP contribution in [0, 0.1) is 11.3 Å². The van der Waals surface area contributed by atoms with Crippen LogP contribution in [0.3, 0.4) is 0 Å². The van der Waals surface area contributed by atoms with E-state index in [9.17, 15) is 4.79 Å². The van der Waals surface area contributed by atoms with E-state index in [4.69, 9.17) is 5.26 Å². The lowest BCUT2D eigenvalue weighted by Crippen LogP contribution is -2.12. The van der Waals surface area contributed by atoms with Crippen LogP contribution in [-0.4, -0.2) is 5.91 Å². The van der Waals surface area contributed by atoms with E-state index in [2.05, 4.69) is 19.2 Å². The second kappa shape index (κ2) is 5.92. The summed E-state index contributed by atoms with van der Waals surface area (Å²) in [5.74, 6) is 0.266. The summed E-state index contributed by atoms with van der Waals surface area (Å²) in [7, 11) is 0. The second-order valence-corrected chi connectivity index (χ2v) is 3.95. The van der Waals surface area contributed by atoms with E-state index >= 15 is 0 Å². The number of rotatable bonds is 4. The minimum absolute atomic E-state index is 0.102. The van der Waals surface area contributed by atoms with E-state index in [-0.39, 0.29) is 18.7 Å². The fourth-order valence-electron chi connectivity index (χ4n) is 1.50. The van der Waals surface area contributed by atoms with Crippen LogP contribution < -0.4 is 5.32 Å². The molecule has 0 atom stereocenters. The first-order valence-electron chi connectivity index (χ1n) is 5.41. The number of para-hydroxylation sites is 1. The molecule has 1 rings (SSSR count). The smallest absolute Gasteiger partial charge is 0.225 e. The van der Waals surface area contributed by atoms with Gasteiger partial charge in [-0.1, -0.05) is 32.0 Å². The highest BCUT2D eigenvalue weighted by Gasteiger charge is 2.08. The molecular formula is C13H16N2O. The SMILES string of the molecule is CC(C)c1ccccc1NC(=O)CCC#N. The van der Waals surface area contributed by atoms with Gasteiger partial charge in [-0.3, -0.25) is 4.79 Å². The number of carbonyl (C=O) groups excluding carboxylic acids is 1. The van der Waals surface area contributed by atoms with Crippen LogP contribution in [0.5, 0.6) is 0 Å². The number of anilines is 1. The molecule has 0 aliphatic carbocycles. The molecule has 0 bridgehead atoms. The first-order valence-corrected chi connectivity index (χ1v) is 5.41. The van der Waals surface area contributed by atoms with Crippen LogP contribution in [0.1, 0.15) is 38.2 Å². The zero-order valence-corrected chi connectivity index (χ0v) is 9.66. The molecule has 0 aromatic heterocycles. The monoisotopic (exact) mass is 216 g/mol. The molecule has 3 nitrogen and oxygen atoms in total. The number of hydrogen-bond acceptors (Lipinski definition) is 2. The average molecular weight is 216 g/mol. The van der Waals surface area contributed by atoms with Gasteiger partial charge in [0.25, 0.3) is 0 Å². The maximum Gasteiger partial charge on any atom is 0.225 e. The van der Waals surface area contributed by atoms with Crippen LogP contribution in [0.15, 0.2) is 24.3 Å². The van der Waals surface area contributed by atoms with Crippen molar-refractivity contribution >= 4 is 11.6 Å². The van der Waals surface area contributed by atoms with E-state index in [1.807, 2.05) is 30.3 Å². The molecule has 0 fully saturated rings. The molecule has 0 spiro atoms. The van der Waals surface area contributed by atoms with Gasteiger partial charge in [0.15, 0.2) is 0 Å². The van der Waals surface area contributed by atoms with Gasteiger partial charge in [-0.15, -0.1) is 0 Å². The molecule has 0 unspecified atom stereocenters. The summed E-state index contributed by atoms with van der Waals surface area (Å²) in [4.78, 5) is 11.5. The van der Waals surface area contributed by atoms with Crippen molar-refractivity contribution in [1.82, 2.24) is 0 Å². The Bertz CT molecular complexity index is 405. The highest BCUT2D eigenvalue weighted by molar-refractivity contribution is 5.91. The number of benzene rings is 1. The maximum atomic E-state index is 11.5. The van der Waals surface area contributed by atoms with Crippen LogP contribution >= 0.6 is 0 Å². The van der Waals surface area contributed by atoms with Crippen molar-refractivity contribution < 1.29 is 4.79 Å². The Morgan fingerprint density at radius 3 is 2.75 bits per heavy atom. The number of hydrogen-bond donors (Lipinski definition) is 1. The second-order valence-electron chi connectivity index (χ2n) is 3.95. The summed E-state index contributed by atoms with van der Waals surface area (Å²) in [6.45, 7) is 4.17. The standard InChI is InChI=1S/C13H16N2O/c1-10(2)11-6-3-4-7-12(11)15-13(16)8-5-9-14/h3-4,6-7,10H,5,8H2,1-2H3,(H,15,16). The summed E-state index contributed by atoms with van der Waals surface area (Å²) < 4.78 is 0. The van der Waals surface area contributed by atoms with Gasteiger partial charge in [-0.25, -0.2) is 0 Å². The Hall–Kier alpha value is -1.82. The Morgan fingerprint density at radius 1 is 1.44 bits per heavy atom. The van der Waals surface area contributed by atoms with Crippen molar-refractivity contribution in [1.29, 1.82) is 5.26 Å². The number of amides is 1. The molecular weight excluding hydrogens is 200 g/mol. The molecule has 1 N–H and O–H groups in total. The molecule has 84 valence electrons. The quantitative estimate of drug-likeness (QED) is 0.841. The summed E-state index contributed by atoms with van der Waals surface area (Å²) in [5, 5.41) is 11.2. The van der Waals surface area contributed by atoms with E-state index in [1.54, 1.807) is 0 Å². The molecule has 0 heterocycles. The molecule has 1 aromatic carbocycles. The molecule has 1 amide bonds. The first kappa shape index (κ1) is 12.3. The lowest BCUT2D eigenvalue weighted by atomic mass is 10.0. The predicted octanol–water partition coefficient (Wildman–Crippen LogP) is 3.05. The largest absolute Gasteiger partial charge is 0.326 e. The van der Waals surface area contributed by atoms with Crippen molar-refractivity contribution in [2.24, 2.45) is 0 Å². The minimum Gasteiger partial charge on any atom is -0.326 e. The Labute approximate surface area is 96.1 Å². The van der Waals surface area contributed by atoms with Gasteiger partial charge in [0.2, 0.25) is 5.91 Å². The van der Waals surface area contributed by atoms with Gasteiger partial charge >= 0.3 is 0 Å². The van der Waals surface area contributed by atoms with Gasteiger partial charge in [0.05, 0.1) is 6.07 Å². The van der Waals surface area contributed by atoms with E-state index < -0.39 is 0 Å². The Kier molecular flexibility index (Phi) is 4.53. The van der Waals surface area contributed by atoms with Crippen molar-refractivity contribution in [2.75, 3.05) is 5.32 Å². The van der Waals surface area contributed by atoms with Gasteiger partial charge in [-0.05, 0) is 17.5 Å².